The van der Waals surface area contributed by atoms with Gasteiger partial charge >= 0.3 is 5.97 Å². The fourth-order valence-electron chi connectivity index (χ4n) is 2.19. The Hall–Kier alpha value is -1.15. The van der Waals surface area contributed by atoms with Gasteiger partial charge in [-0.2, -0.15) is 0 Å². The Morgan fingerprint density at radius 1 is 1.42 bits per heavy atom. The molecule has 0 aromatic carbocycles. The van der Waals surface area contributed by atoms with E-state index in [0.717, 1.165) is 12.7 Å². The minimum Gasteiger partial charge on any atom is -0.481 e. The Bertz CT molecular complexity index is 448. The first-order valence-corrected chi connectivity index (χ1v) is 8.23. The first-order valence-electron chi connectivity index (χ1n) is 6.17. The molecule has 110 valence electrons. The number of carboxylic acids is 1. The molecule has 3 atom stereocenters. The topological polar surface area (TPSA) is 127 Å². The van der Waals surface area contributed by atoms with Gasteiger partial charge in [-0.3, -0.25) is 9.59 Å². The Balaban J connectivity index is 2.48. The lowest BCUT2D eigenvalue weighted by molar-refractivity contribution is -0.142. The zero-order valence-electron chi connectivity index (χ0n) is 10.8. The van der Waals surface area contributed by atoms with Gasteiger partial charge in [0.15, 0.2) is 0 Å². The van der Waals surface area contributed by atoms with Gasteiger partial charge in [0.1, 0.15) is 9.84 Å². The summed E-state index contributed by atoms with van der Waals surface area (Å²) < 4.78 is 22.0. The van der Waals surface area contributed by atoms with Gasteiger partial charge in [0.05, 0.1) is 17.7 Å². The van der Waals surface area contributed by atoms with E-state index in [9.17, 15) is 18.0 Å². The molecule has 0 spiro atoms. The molecule has 1 fully saturated rings. The van der Waals surface area contributed by atoms with Gasteiger partial charge in [0.2, 0.25) is 5.91 Å². The van der Waals surface area contributed by atoms with E-state index in [2.05, 4.69) is 5.32 Å². The van der Waals surface area contributed by atoms with E-state index in [1.807, 2.05) is 0 Å². The fourth-order valence-corrected chi connectivity index (χ4v) is 2.87. The molecule has 8 heteroatoms. The number of hydrogen-bond acceptors (Lipinski definition) is 5. The highest BCUT2D eigenvalue weighted by atomic mass is 32.2. The standard InChI is InChI=1S/C11H20N2O5S/c1-19(17,18)6-5-8(12)10(14)13-9-4-2-3-7(9)11(15)16/h7-9H,2-6,12H2,1H3,(H,13,14)(H,15,16). The molecule has 0 saturated heterocycles. The molecule has 0 radical (unpaired) electrons. The van der Waals surface area contributed by atoms with E-state index in [1.54, 1.807) is 0 Å². The van der Waals surface area contributed by atoms with Crippen LogP contribution in [-0.2, 0) is 19.4 Å². The van der Waals surface area contributed by atoms with Crippen molar-refractivity contribution in [3.8, 4) is 0 Å². The zero-order valence-corrected chi connectivity index (χ0v) is 11.6. The van der Waals surface area contributed by atoms with Crippen LogP contribution in [0.1, 0.15) is 25.7 Å². The predicted octanol–water partition coefficient (Wildman–Crippen LogP) is -0.882. The van der Waals surface area contributed by atoms with Crippen LogP contribution in [0, 0.1) is 5.92 Å². The molecule has 0 heterocycles. The first kappa shape index (κ1) is 15.9. The highest BCUT2D eigenvalue weighted by molar-refractivity contribution is 7.90. The quantitative estimate of drug-likeness (QED) is 0.583. The fraction of sp³-hybridized carbons (Fsp3) is 0.818. The van der Waals surface area contributed by atoms with Crippen LogP contribution in [0.25, 0.3) is 0 Å². The lowest BCUT2D eigenvalue weighted by atomic mass is 10.0. The summed E-state index contributed by atoms with van der Waals surface area (Å²) in [7, 11) is -3.16. The molecule has 0 aliphatic heterocycles. The van der Waals surface area contributed by atoms with Crippen molar-refractivity contribution in [2.24, 2.45) is 11.7 Å². The maximum Gasteiger partial charge on any atom is 0.308 e. The molecule has 0 aromatic heterocycles. The molecule has 0 bridgehead atoms. The van der Waals surface area contributed by atoms with E-state index in [0.29, 0.717) is 12.8 Å². The Morgan fingerprint density at radius 2 is 2.05 bits per heavy atom. The van der Waals surface area contributed by atoms with Crippen molar-refractivity contribution in [2.45, 2.75) is 37.8 Å². The number of rotatable bonds is 6. The summed E-state index contributed by atoms with van der Waals surface area (Å²) in [5.41, 5.74) is 5.60. The SMILES string of the molecule is CS(=O)(=O)CCC(N)C(=O)NC1CCCC1C(=O)O. The summed E-state index contributed by atoms with van der Waals surface area (Å²) in [6.45, 7) is 0. The molecule has 4 N–H and O–H groups in total. The first-order chi connectivity index (χ1) is 8.70. The molecule has 1 aliphatic rings. The van der Waals surface area contributed by atoms with Gasteiger partial charge in [-0.15, -0.1) is 0 Å². The van der Waals surface area contributed by atoms with Crippen LogP contribution >= 0.6 is 0 Å². The lowest BCUT2D eigenvalue weighted by Gasteiger charge is -2.20. The third-order valence-electron chi connectivity index (χ3n) is 3.30. The van der Waals surface area contributed by atoms with Gasteiger partial charge in [-0.05, 0) is 19.3 Å². The Labute approximate surface area is 112 Å². The van der Waals surface area contributed by atoms with E-state index in [4.69, 9.17) is 10.8 Å². The van der Waals surface area contributed by atoms with E-state index < -0.39 is 39.7 Å². The Morgan fingerprint density at radius 3 is 2.58 bits per heavy atom. The maximum absolute atomic E-state index is 11.8. The van der Waals surface area contributed by atoms with Gasteiger partial charge in [0.25, 0.3) is 0 Å². The van der Waals surface area contributed by atoms with Gasteiger partial charge < -0.3 is 16.2 Å². The number of hydrogen-bond donors (Lipinski definition) is 3. The second-order valence-corrected chi connectivity index (χ2v) is 7.28. The second-order valence-electron chi connectivity index (χ2n) is 5.02. The van der Waals surface area contributed by atoms with Crippen LogP contribution in [-0.4, -0.2) is 49.5 Å². The van der Waals surface area contributed by atoms with Crippen molar-refractivity contribution >= 4 is 21.7 Å². The monoisotopic (exact) mass is 292 g/mol. The summed E-state index contributed by atoms with van der Waals surface area (Å²) in [6, 6.07) is -1.33. The molecule has 0 aromatic rings. The van der Waals surface area contributed by atoms with Crippen LogP contribution < -0.4 is 11.1 Å². The summed E-state index contributed by atoms with van der Waals surface area (Å²) >= 11 is 0. The molecule has 7 nitrogen and oxygen atoms in total. The summed E-state index contributed by atoms with van der Waals surface area (Å²) in [5.74, 6) is -2.14. The molecule has 19 heavy (non-hydrogen) atoms. The summed E-state index contributed by atoms with van der Waals surface area (Å²) in [4.78, 5) is 22.7. The van der Waals surface area contributed by atoms with Crippen molar-refractivity contribution in [1.29, 1.82) is 0 Å². The van der Waals surface area contributed by atoms with Crippen LogP contribution in [0.5, 0.6) is 0 Å². The molecule has 1 amide bonds. The second kappa shape index (κ2) is 6.33. The lowest BCUT2D eigenvalue weighted by Crippen LogP contribution is -2.48. The average Bonchev–Trinajstić information content (AvgIpc) is 2.72. The van der Waals surface area contributed by atoms with Crippen molar-refractivity contribution in [2.75, 3.05) is 12.0 Å². The van der Waals surface area contributed by atoms with Crippen LogP contribution in [0.15, 0.2) is 0 Å². The molecule has 1 rings (SSSR count). The van der Waals surface area contributed by atoms with E-state index in [1.165, 1.54) is 0 Å². The number of nitrogens with two attached hydrogens (primary N) is 1. The number of carboxylic acid groups (broad SMARTS) is 1. The normalized spacial score (nSPS) is 24.9. The Kier molecular flexibility index (Phi) is 5.30. The summed E-state index contributed by atoms with van der Waals surface area (Å²) in [5, 5.41) is 11.6. The van der Waals surface area contributed by atoms with Crippen LogP contribution in [0.4, 0.5) is 0 Å². The van der Waals surface area contributed by atoms with Crippen LogP contribution in [0.3, 0.4) is 0 Å². The van der Waals surface area contributed by atoms with Crippen molar-refractivity contribution in [3.05, 3.63) is 0 Å². The zero-order chi connectivity index (χ0) is 14.6. The highest BCUT2D eigenvalue weighted by Gasteiger charge is 2.34. The van der Waals surface area contributed by atoms with Crippen molar-refractivity contribution < 1.29 is 23.1 Å². The predicted molar refractivity (Wildman–Crippen MR) is 69.2 cm³/mol. The van der Waals surface area contributed by atoms with Crippen molar-refractivity contribution in [3.63, 3.8) is 0 Å². The minimum absolute atomic E-state index is 0.0368. The van der Waals surface area contributed by atoms with Crippen molar-refractivity contribution in [1.82, 2.24) is 5.32 Å². The molecule has 1 aliphatic carbocycles. The number of aliphatic carboxylic acids is 1. The minimum atomic E-state index is -3.16. The third kappa shape index (κ3) is 5.15. The van der Waals surface area contributed by atoms with Gasteiger partial charge in [-0.1, -0.05) is 6.42 Å². The van der Waals surface area contributed by atoms with E-state index in [-0.39, 0.29) is 12.2 Å². The molecular formula is C11H20N2O5S. The molecule has 3 unspecified atom stereocenters. The average molecular weight is 292 g/mol. The van der Waals surface area contributed by atoms with Crippen LogP contribution in [0.2, 0.25) is 0 Å². The smallest absolute Gasteiger partial charge is 0.308 e. The number of carbonyl (C=O) groups is 2. The largest absolute Gasteiger partial charge is 0.481 e. The number of nitrogens with one attached hydrogen (secondary N) is 1. The summed E-state index contributed by atoms with van der Waals surface area (Å²) in [6.07, 6.45) is 3.02. The molecular weight excluding hydrogens is 272 g/mol. The van der Waals surface area contributed by atoms with Gasteiger partial charge in [-0.25, -0.2) is 8.42 Å². The number of sulfone groups is 1. The van der Waals surface area contributed by atoms with E-state index >= 15 is 0 Å². The van der Waals surface area contributed by atoms with Gasteiger partial charge in [0, 0.05) is 12.3 Å². The molecule has 1 saturated carbocycles. The maximum atomic E-state index is 11.8. The number of amides is 1. The highest BCUT2D eigenvalue weighted by Crippen LogP contribution is 2.25. The third-order valence-corrected chi connectivity index (χ3v) is 4.27. The number of carbonyl (C=O) groups excluding carboxylic acids is 1.